The molecule has 0 atom stereocenters. The van der Waals surface area contributed by atoms with Crippen LogP contribution in [0.3, 0.4) is 0 Å². The summed E-state index contributed by atoms with van der Waals surface area (Å²) in [7, 11) is -3.71. The van der Waals surface area contributed by atoms with Gasteiger partial charge in [-0.25, -0.2) is 8.42 Å². The number of nitro benzene ring substituents is 1. The van der Waals surface area contributed by atoms with E-state index in [2.05, 4.69) is 0 Å². The number of halogens is 1. The summed E-state index contributed by atoms with van der Waals surface area (Å²) in [5.41, 5.74) is -0.325. The van der Waals surface area contributed by atoms with E-state index in [1.807, 2.05) is 0 Å². The van der Waals surface area contributed by atoms with Crippen LogP contribution in [0.4, 0.5) is 5.69 Å². The first-order valence-corrected chi connectivity index (χ1v) is 7.03. The van der Waals surface area contributed by atoms with Crippen LogP contribution in [0, 0.1) is 10.1 Å². The number of hydrogen-bond acceptors (Lipinski definition) is 4. The highest BCUT2D eigenvalue weighted by molar-refractivity contribution is 7.91. The fraction of sp³-hybridized carbons (Fsp3) is 0. The Morgan fingerprint density at radius 1 is 1.00 bits per heavy atom. The van der Waals surface area contributed by atoms with Gasteiger partial charge < -0.3 is 0 Å². The smallest absolute Gasteiger partial charge is 0.258 e. The summed E-state index contributed by atoms with van der Waals surface area (Å²) >= 11 is 5.71. The third-order valence-electron chi connectivity index (χ3n) is 2.48. The highest BCUT2D eigenvalue weighted by Crippen LogP contribution is 2.29. The molecule has 0 saturated heterocycles. The van der Waals surface area contributed by atoms with Gasteiger partial charge in [0.05, 0.1) is 14.7 Å². The van der Waals surface area contributed by atoms with Crippen LogP contribution in [0.1, 0.15) is 0 Å². The third kappa shape index (κ3) is 2.59. The molecular weight excluding hydrogens is 290 g/mol. The van der Waals surface area contributed by atoms with Crippen LogP contribution in [-0.4, -0.2) is 13.3 Å². The molecule has 0 heterocycles. The summed E-state index contributed by atoms with van der Waals surface area (Å²) in [5, 5.41) is 10.4. The molecule has 0 aliphatic rings. The minimum Gasteiger partial charge on any atom is -0.258 e. The molecule has 0 amide bonds. The Balaban J connectivity index is 2.54. The second kappa shape index (κ2) is 4.99. The maximum absolute atomic E-state index is 12.2. The van der Waals surface area contributed by atoms with Crippen molar-refractivity contribution in [2.75, 3.05) is 0 Å². The average Bonchev–Trinajstić information content (AvgIpc) is 2.39. The van der Waals surface area contributed by atoms with Gasteiger partial charge in [-0.1, -0.05) is 29.8 Å². The molecule has 19 heavy (non-hydrogen) atoms. The first-order chi connectivity index (χ1) is 8.93. The predicted molar refractivity (Wildman–Crippen MR) is 70.0 cm³/mol. The SMILES string of the molecule is O=[N+]([O-])c1ccc(S(=O)(=O)c2ccccc2)cc1Cl. The Bertz CT molecular complexity index is 729. The van der Waals surface area contributed by atoms with Crippen LogP contribution in [0.5, 0.6) is 0 Å². The average molecular weight is 298 g/mol. The Hall–Kier alpha value is -1.92. The van der Waals surface area contributed by atoms with Gasteiger partial charge in [0.2, 0.25) is 9.84 Å². The second-order valence-corrected chi connectivity index (χ2v) is 6.04. The summed E-state index contributed by atoms with van der Waals surface area (Å²) in [6.07, 6.45) is 0. The van der Waals surface area contributed by atoms with Gasteiger partial charge in [0, 0.05) is 6.07 Å². The van der Waals surface area contributed by atoms with E-state index < -0.39 is 14.8 Å². The van der Waals surface area contributed by atoms with Crippen LogP contribution in [0.15, 0.2) is 58.3 Å². The molecule has 5 nitrogen and oxygen atoms in total. The molecular formula is C12H8ClNO4S. The molecule has 2 aromatic carbocycles. The molecule has 98 valence electrons. The van der Waals surface area contributed by atoms with E-state index >= 15 is 0 Å². The van der Waals surface area contributed by atoms with E-state index in [0.717, 1.165) is 12.1 Å². The summed E-state index contributed by atoms with van der Waals surface area (Å²) in [5.74, 6) is 0. The molecule has 0 unspecified atom stereocenters. The summed E-state index contributed by atoms with van der Waals surface area (Å²) in [6.45, 7) is 0. The van der Waals surface area contributed by atoms with E-state index in [4.69, 9.17) is 11.6 Å². The summed E-state index contributed by atoms with van der Waals surface area (Å²) < 4.78 is 24.5. The number of nitro groups is 1. The molecule has 0 aliphatic carbocycles. The highest BCUT2D eigenvalue weighted by Gasteiger charge is 2.21. The van der Waals surface area contributed by atoms with Crippen molar-refractivity contribution in [2.45, 2.75) is 9.79 Å². The topological polar surface area (TPSA) is 77.3 Å². The number of hydrogen-bond donors (Lipinski definition) is 0. The van der Waals surface area contributed by atoms with Crippen molar-refractivity contribution < 1.29 is 13.3 Å². The van der Waals surface area contributed by atoms with Crippen molar-refractivity contribution in [3.8, 4) is 0 Å². The van der Waals surface area contributed by atoms with Crippen molar-refractivity contribution in [1.29, 1.82) is 0 Å². The maximum Gasteiger partial charge on any atom is 0.287 e. The van der Waals surface area contributed by atoms with Gasteiger partial charge in [-0.15, -0.1) is 0 Å². The molecule has 0 spiro atoms. The highest BCUT2D eigenvalue weighted by atomic mass is 35.5. The van der Waals surface area contributed by atoms with Crippen LogP contribution >= 0.6 is 11.6 Å². The van der Waals surface area contributed by atoms with E-state index in [-0.39, 0.29) is 20.5 Å². The lowest BCUT2D eigenvalue weighted by Crippen LogP contribution is -2.02. The van der Waals surface area contributed by atoms with Crippen molar-refractivity contribution in [3.05, 3.63) is 63.7 Å². The molecule has 2 rings (SSSR count). The molecule has 0 saturated carbocycles. The Morgan fingerprint density at radius 3 is 2.16 bits per heavy atom. The first kappa shape index (κ1) is 13.5. The Kier molecular flexibility index (Phi) is 3.55. The predicted octanol–water partition coefficient (Wildman–Crippen LogP) is 3.08. The van der Waals surface area contributed by atoms with Gasteiger partial charge in [0.15, 0.2) is 0 Å². The number of nitrogens with zero attached hydrogens (tertiary/aromatic N) is 1. The van der Waals surface area contributed by atoms with Crippen molar-refractivity contribution in [1.82, 2.24) is 0 Å². The molecule has 0 N–H and O–H groups in total. The zero-order valence-corrected chi connectivity index (χ0v) is 11.1. The molecule has 0 aromatic heterocycles. The number of sulfone groups is 1. The minimum absolute atomic E-state index is 0.0747. The van der Waals surface area contributed by atoms with Gasteiger partial charge in [0.1, 0.15) is 5.02 Å². The lowest BCUT2D eigenvalue weighted by atomic mass is 10.3. The first-order valence-electron chi connectivity index (χ1n) is 5.17. The van der Waals surface area contributed by atoms with Gasteiger partial charge in [-0.2, -0.15) is 0 Å². The molecule has 0 radical (unpaired) electrons. The fourth-order valence-corrected chi connectivity index (χ4v) is 3.16. The standard InChI is InChI=1S/C12H8ClNO4S/c13-11-8-10(6-7-12(11)14(15)16)19(17,18)9-4-2-1-3-5-9/h1-8H. The molecule has 2 aromatic rings. The zero-order chi connectivity index (χ0) is 14.0. The van der Waals surface area contributed by atoms with Crippen LogP contribution in [-0.2, 0) is 9.84 Å². The third-order valence-corrected chi connectivity index (χ3v) is 4.55. The van der Waals surface area contributed by atoms with Crippen LogP contribution < -0.4 is 0 Å². The molecule has 7 heteroatoms. The van der Waals surface area contributed by atoms with Gasteiger partial charge in [-0.05, 0) is 24.3 Å². The summed E-state index contributed by atoms with van der Waals surface area (Å²) in [6, 6.07) is 11.1. The van der Waals surface area contributed by atoms with Crippen molar-refractivity contribution >= 4 is 27.1 Å². The number of rotatable bonds is 3. The lowest BCUT2D eigenvalue weighted by molar-refractivity contribution is -0.384. The van der Waals surface area contributed by atoms with E-state index in [1.54, 1.807) is 18.2 Å². The van der Waals surface area contributed by atoms with Crippen molar-refractivity contribution in [2.24, 2.45) is 0 Å². The van der Waals surface area contributed by atoms with Gasteiger partial charge in [-0.3, -0.25) is 10.1 Å². The van der Waals surface area contributed by atoms with E-state index in [1.165, 1.54) is 18.2 Å². The van der Waals surface area contributed by atoms with Crippen LogP contribution in [0.25, 0.3) is 0 Å². The zero-order valence-electron chi connectivity index (χ0n) is 9.49. The van der Waals surface area contributed by atoms with Gasteiger partial charge in [0.25, 0.3) is 5.69 Å². The van der Waals surface area contributed by atoms with E-state index in [9.17, 15) is 18.5 Å². The quantitative estimate of drug-likeness (QED) is 0.644. The van der Waals surface area contributed by atoms with Crippen LogP contribution in [0.2, 0.25) is 5.02 Å². The Labute approximate surface area is 114 Å². The second-order valence-electron chi connectivity index (χ2n) is 3.69. The Morgan fingerprint density at radius 2 is 1.63 bits per heavy atom. The van der Waals surface area contributed by atoms with Gasteiger partial charge >= 0.3 is 0 Å². The van der Waals surface area contributed by atoms with E-state index in [0.29, 0.717) is 0 Å². The molecule has 0 aliphatic heterocycles. The molecule has 0 fully saturated rings. The number of benzene rings is 2. The maximum atomic E-state index is 12.2. The summed E-state index contributed by atoms with van der Waals surface area (Å²) in [4.78, 5) is 10.00. The normalized spacial score (nSPS) is 11.2. The lowest BCUT2D eigenvalue weighted by Gasteiger charge is -2.05. The molecule has 0 bridgehead atoms. The van der Waals surface area contributed by atoms with Crippen molar-refractivity contribution in [3.63, 3.8) is 0 Å². The largest absolute Gasteiger partial charge is 0.287 e. The monoisotopic (exact) mass is 297 g/mol. The minimum atomic E-state index is -3.71. The fourth-order valence-electron chi connectivity index (χ4n) is 1.54.